The second-order valence-corrected chi connectivity index (χ2v) is 10.3. The highest BCUT2D eigenvalue weighted by atomic mass is 16.5. The standard InChI is InChI=1S/C36H33N5O4/c1-42-31-15-9-23(17-33(31)44-3)27-19-29(21-5-11-25(37)12-6-21)39-35(27)41-36-28(24-10-16-32(43-2)34(18-24)45-4)20-30(40-36)22-7-13-26(38)14-8-22/h5-20,39H,37-38H2,1-4H3/b41-36-. The quantitative estimate of drug-likeness (QED) is 0.154. The number of benzene rings is 4. The molecule has 0 atom stereocenters. The predicted octanol–water partition coefficient (Wildman–Crippen LogP) is 7.16. The van der Waals surface area contributed by atoms with Crippen molar-refractivity contribution in [3.63, 3.8) is 0 Å². The normalized spacial score (nSPS) is 13.4. The van der Waals surface area contributed by atoms with Gasteiger partial charge in [-0.25, -0.2) is 9.98 Å². The van der Waals surface area contributed by atoms with Crippen molar-refractivity contribution in [1.29, 1.82) is 0 Å². The van der Waals surface area contributed by atoms with Crippen molar-refractivity contribution in [2.45, 2.75) is 0 Å². The Bertz CT molecular complexity index is 1960. The lowest BCUT2D eigenvalue weighted by molar-refractivity contribution is 0.355. The zero-order valence-electron chi connectivity index (χ0n) is 25.4. The molecule has 4 aromatic carbocycles. The van der Waals surface area contributed by atoms with Crippen LogP contribution in [-0.4, -0.2) is 45.0 Å². The summed E-state index contributed by atoms with van der Waals surface area (Å²) in [6, 6.07) is 28.9. The maximum atomic E-state index is 5.98. The summed E-state index contributed by atoms with van der Waals surface area (Å²) in [5, 5.41) is 0. The Morgan fingerprint density at radius 2 is 1.09 bits per heavy atom. The molecule has 1 aliphatic heterocycles. The highest BCUT2D eigenvalue weighted by Crippen LogP contribution is 2.40. The number of nitrogen functional groups attached to an aromatic ring is 2. The molecule has 1 aromatic heterocycles. The van der Waals surface area contributed by atoms with Crippen molar-refractivity contribution in [1.82, 2.24) is 4.98 Å². The molecule has 0 fully saturated rings. The van der Waals surface area contributed by atoms with Crippen molar-refractivity contribution in [2.24, 2.45) is 9.98 Å². The van der Waals surface area contributed by atoms with E-state index >= 15 is 0 Å². The van der Waals surface area contributed by atoms with Gasteiger partial charge in [-0.15, -0.1) is 0 Å². The van der Waals surface area contributed by atoms with Crippen LogP contribution in [0.15, 0.2) is 107 Å². The van der Waals surface area contributed by atoms with Crippen LogP contribution in [0, 0.1) is 0 Å². The van der Waals surface area contributed by atoms with Gasteiger partial charge in [0.25, 0.3) is 0 Å². The zero-order valence-corrected chi connectivity index (χ0v) is 25.4. The molecule has 9 heteroatoms. The van der Waals surface area contributed by atoms with Crippen LogP contribution < -0.4 is 30.4 Å². The summed E-state index contributed by atoms with van der Waals surface area (Å²) >= 11 is 0. The Labute approximate surface area is 261 Å². The SMILES string of the molecule is COc1ccc(C2=CC(c3ccc(N)cc3)=N/C2=N\c2[nH]c(-c3ccc(N)cc3)cc2-c2ccc(OC)c(OC)c2)cc1OC. The Kier molecular flexibility index (Phi) is 7.99. The molecule has 5 N–H and O–H groups in total. The van der Waals surface area contributed by atoms with Crippen molar-refractivity contribution in [2.75, 3.05) is 39.9 Å². The third kappa shape index (κ3) is 5.83. The third-order valence-electron chi connectivity index (χ3n) is 7.58. The number of ether oxygens (including phenoxy) is 4. The number of hydrogen-bond donors (Lipinski definition) is 3. The van der Waals surface area contributed by atoms with E-state index in [1.54, 1.807) is 28.4 Å². The molecule has 45 heavy (non-hydrogen) atoms. The van der Waals surface area contributed by atoms with E-state index in [0.717, 1.165) is 44.8 Å². The van der Waals surface area contributed by atoms with E-state index in [-0.39, 0.29) is 0 Å². The number of allylic oxidation sites excluding steroid dienone is 1. The van der Waals surface area contributed by atoms with Gasteiger partial charge < -0.3 is 35.4 Å². The van der Waals surface area contributed by atoms with E-state index in [1.807, 2.05) is 91.0 Å². The van der Waals surface area contributed by atoms with E-state index in [1.165, 1.54) is 0 Å². The van der Waals surface area contributed by atoms with Gasteiger partial charge in [0.15, 0.2) is 28.8 Å². The average Bonchev–Trinajstić information content (AvgIpc) is 3.69. The number of aromatic amines is 1. The fourth-order valence-electron chi connectivity index (χ4n) is 5.19. The summed E-state index contributed by atoms with van der Waals surface area (Å²) in [5.41, 5.74) is 20.3. The summed E-state index contributed by atoms with van der Waals surface area (Å²) in [6.07, 6.45) is 2.02. The summed E-state index contributed by atoms with van der Waals surface area (Å²) < 4.78 is 22.2. The van der Waals surface area contributed by atoms with E-state index in [9.17, 15) is 0 Å². The minimum Gasteiger partial charge on any atom is -0.493 e. The number of rotatable bonds is 9. The van der Waals surface area contributed by atoms with E-state index in [2.05, 4.69) is 11.1 Å². The Morgan fingerprint density at radius 1 is 0.578 bits per heavy atom. The summed E-state index contributed by atoms with van der Waals surface area (Å²) in [5.74, 6) is 3.63. The largest absolute Gasteiger partial charge is 0.493 e. The van der Waals surface area contributed by atoms with Gasteiger partial charge >= 0.3 is 0 Å². The molecule has 0 saturated heterocycles. The predicted molar refractivity (Wildman–Crippen MR) is 181 cm³/mol. The lowest BCUT2D eigenvalue weighted by Crippen LogP contribution is -1.98. The number of anilines is 2. The van der Waals surface area contributed by atoms with Gasteiger partial charge in [-0.1, -0.05) is 36.4 Å². The maximum absolute atomic E-state index is 5.98. The lowest BCUT2D eigenvalue weighted by Gasteiger charge is -2.11. The number of hydrogen-bond acceptors (Lipinski definition) is 7. The number of aromatic nitrogens is 1. The Hall–Kier alpha value is -5.96. The molecular formula is C36H33N5O4. The number of H-pyrrole nitrogens is 1. The molecule has 6 rings (SSSR count). The smallest absolute Gasteiger partial charge is 0.162 e. The van der Waals surface area contributed by atoms with Gasteiger partial charge in [0, 0.05) is 33.8 Å². The molecule has 0 amide bonds. The number of aliphatic imine (C=N–C) groups is 2. The van der Waals surface area contributed by atoms with E-state index < -0.39 is 0 Å². The van der Waals surface area contributed by atoms with Crippen LogP contribution in [0.4, 0.5) is 17.2 Å². The fourth-order valence-corrected chi connectivity index (χ4v) is 5.19. The molecule has 9 nitrogen and oxygen atoms in total. The molecule has 0 saturated carbocycles. The molecule has 226 valence electrons. The van der Waals surface area contributed by atoms with Gasteiger partial charge in [0.2, 0.25) is 0 Å². The highest BCUT2D eigenvalue weighted by Gasteiger charge is 2.23. The molecule has 0 aliphatic carbocycles. The van der Waals surface area contributed by atoms with Crippen LogP contribution >= 0.6 is 0 Å². The second-order valence-electron chi connectivity index (χ2n) is 10.3. The summed E-state index contributed by atoms with van der Waals surface area (Å²) in [7, 11) is 6.46. The van der Waals surface area contributed by atoms with Crippen LogP contribution in [0.3, 0.4) is 0 Å². The molecule has 5 aromatic rings. The monoisotopic (exact) mass is 599 g/mol. The molecule has 0 bridgehead atoms. The Morgan fingerprint density at radius 3 is 1.67 bits per heavy atom. The van der Waals surface area contributed by atoms with Gasteiger partial charge in [0.1, 0.15) is 5.82 Å². The minimum absolute atomic E-state index is 0.529. The van der Waals surface area contributed by atoms with E-state index in [0.29, 0.717) is 46.0 Å². The number of nitrogens with zero attached hydrogens (tertiary/aromatic N) is 2. The first-order chi connectivity index (χ1) is 21.9. The van der Waals surface area contributed by atoms with Crippen LogP contribution in [-0.2, 0) is 0 Å². The van der Waals surface area contributed by atoms with Gasteiger partial charge in [0.05, 0.1) is 34.2 Å². The highest BCUT2D eigenvalue weighted by molar-refractivity contribution is 6.38. The van der Waals surface area contributed by atoms with Crippen LogP contribution in [0.5, 0.6) is 23.0 Å². The van der Waals surface area contributed by atoms with Crippen molar-refractivity contribution >= 4 is 34.3 Å². The first-order valence-electron chi connectivity index (χ1n) is 14.2. The molecule has 2 heterocycles. The van der Waals surface area contributed by atoms with Crippen molar-refractivity contribution in [3.8, 4) is 45.4 Å². The summed E-state index contributed by atoms with van der Waals surface area (Å²) in [6.45, 7) is 0. The number of amidine groups is 1. The van der Waals surface area contributed by atoms with Crippen LogP contribution in [0.1, 0.15) is 11.1 Å². The van der Waals surface area contributed by atoms with Crippen molar-refractivity contribution in [3.05, 3.63) is 108 Å². The zero-order chi connectivity index (χ0) is 31.5. The first-order valence-corrected chi connectivity index (χ1v) is 14.2. The topological polar surface area (TPSA) is 129 Å². The van der Waals surface area contributed by atoms with Gasteiger partial charge in [-0.05, 0) is 77.4 Å². The molecule has 0 radical (unpaired) electrons. The molecule has 1 aliphatic rings. The van der Waals surface area contributed by atoms with Gasteiger partial charge in [-0.2, -0.15) is 0 Å². The lowest BCUT2D eigenvalue weighted by atomic mass is 10.0. The average molecular weight is 600 g/mol. The number of methoxy groups -OCH3 is 4. The minimum atomic E-state index is 0.529. The molecule has 0 unspecified atom stereocenters. The summed E-state index contributed by atoms with van der Waals surface area (Å²) in [4.78, 5) is 13.7. The van der Waals surface area contributed by atoms with Gasteiger partial charge in [-0.3, -0.25) is 0 Å². The van der Waals surface area contributed by atoms with E-state index in [4.69, 9.17) is 40.4 Å². The molecule has 0 spiro atoms. The van der Waals surface area contributed by atoms with Crippen LogP contribution in [0.25, 0.3) is 28.0 Å². The maximum Gasteiger partial charge on any atom is 0.162 e. The first kappa shape index (κ1) is 29.1. The third-order valence-corrected chi connectivity index (χ3v) is 7.58. The fraction of sp³-hybridized carbons (Fsp3) is 0.111. The number of nitrogens with one attached hydrogen (secondary N) is 1. The number of nitrogens with two attached hydrogens (primary N) is 2. The van der Waals surface area contributed by atoms with Crippen LogP contribution in [0.2, 0.25) is 0 Å². The Balaban J connectivity index is 1.54. The second kappa shape index (κ2) is 12.3. The van der Waals surface area contributed by atoms with Crippen molar-refractivity contribution < 1.29 is 18.9 Å². The molecular weight excluding hydrogens is 566 g/mol.